The first kappa shape index (κ1) is 18.5. The van der Waals surface area contributed by atoms with Gasteiger partial charge in [-0.2, -0.15) is 5.10 Å². The van der Waals surface area contributed by atoms with E-state index >= 15 is 0 Å². The number of hydrogen-bond acceptors (Lipinski definition) is 3. The minimum Gasteiger partial charge on any atom is -0.490 e. The first-order valence-electron chi connectivity index (χ1n) is 8.21. The normalized spacial score (nSPS) is 10.3. The summed E-state index contributed by atoms with van der Waals surface area (Å²) in [6, 6.07) is 6.60. The second-order valence-electron chi connectivity index (χ2n) is 5.57. The quantitative estimate of drug-likeness (QED) is 0.592. The molecule has 25 heavy (non-hydrogen) atoms. The number of unbranched alkanes of at least 4 members (excludes halogenated alkanes) is 1. The number of terminal acetylenes is 1. The number of nitrogens with one attached hydrogen (secondary N) is 1. The van der Waals surface area contributed by atoms with Gasteiger partial charge in [0, 0.05) is 25.6 Å². The van der Waals surface area contributed by atoms with E-state index < -0.39 is 5.82 Å². The molecular formula is C19H22FN3O2. The van der Waals surface area contributed by atoms with Crippen LogP contribution in [0.5, 0.6) is 5.75 Å². The summed E-state index contributed by atoms with van der Waals surface area (Å²) in [7, 11) is 1.71. The minimum absolute atomic E-state index is 0.0683. The average molecular weight is 343 g/mol. The van der Waals surface area contributed by atoms with E-state index in [1.807, 2.05) is 6.92 Å². The molecule has 5 nitrogen and oxygen atoms in total. The Balaban J connectivity index is 1.99. The molecule has 1 N–H and O–H groups in total. The number of carbonyl (C=O) groups is 1. The molecule has 0 atom stereocenters. The summed E-state index contributed by atoms with van der Waals surface area (Å²) in [5.74, 6) is 1.91. The molecule has 0 bridgehead atoms. The predicted molar refractivity (Wildman–Crippen MR) is 93.7 cm³/mol. The number of nitrogens with zero attached hydrogens (tertiary/aromatic N) is 2. The fourth-order valence-electron chi connectivity index (χ4n) is 2.34. The molecule has 2 rings (SSSR count). The highest BCUT2D eigenvalue weighted by Gasteiger charge is 2.14. The molecule has 1 amide bonds. The van der Waals surface area contributed by atoms with Crippen molar-refractivity contribution in [1.82, 2.24) is 15.1 Å². The smallest absolute Gasteiger partial charge is 0.269 e. The second kappa shape index (κ2) is 8.88. The van der Waals surface area contributed by atoms with E-state index in [1.165, 1.54) is 4.68 Å². The number of carbonyl (C=O) groups excluding carboxylic acids is 1. The maximum atomic E-state index is 14.4. The molecular weight excluding hydrogens is 321 g/mol. The van der Waals surface area contributed by atoms with Crippen LogP contribution in [0, 0.1) is 18.2 Å². The van der Waals surface area contributed by atoms with Crippen LogP contribution < -0.4 is 10.1 Å². The topological polar surface area (TPSA) is 56.1 Å². The highest BCUT2D eigenvalue weighted by atomic mass is 19.1. The molecule has 0 spiro atoms. The predicted octanol–water partition coefficient (Wildman–Crippen LogP) is 2.84. The number of aryl methyl sites for hydroxylation is 2. The number of amides is 1. The van der Waals surface area contributed by atoms with Crippen molar-refractivity contribution in [3.63, 3.8) is 0 Å². The van der Waals surface area contributed by atoms with E-state index in [0.717, 1.165) is 12.1 Å². The highest BCUT2D eigenvalue weighted by Crippen LogP contribution is 2.21. The third kappa shape index (κ3) is 4.83. The molecule has 0 saturated carbocycles. The summed E-state index contributed by atoms with van der Waals surface area (Å²) in [5.41, 5.74) is 1.64. The largest absolute Gasteiger partial charge is 0.490 e. The number of benzene rings is 1. The summed E-state index contributed by atoms with van der Waals surface area (Å²) in [6.45, 7) is 2.39. The maximum Gasteiger partial charge on any atom is 0.269 e. The zero-order chi connectivity index (χ0) is 18.2. The van der Waals surface area contributed by atoms with Crippen LogP contribution >= 0.6 is 0 Å². The molecule has 0 fully saturated rings. The van der Waals surface area contributed by atoms with E-state index in [-0.39, 0.29) is 18.2 Å². The van der Waals surface area contributed by atoms with Gasteiger partial charge < -0.3 is 10.1 Å². The van der Waals surface area contributed by atoms with Gasteiger partial charge in [-0.25, -0.2) is 4.39 Å². The van der Waals surface area contributed by atoms with Gasteiger partial charge in [-0.15, -0.1) is 12.3 Å². The molecule has 0 saturated heterocycles. The number of halogens is 1. The van der Waals surface area contributed by atoms with Gasteiger partial charge in [0.05, 0.1) is 12.3 Å². The average Bonchev–Trinajstić information content (AvgIpc) is 2.99. The molecule has 2 aromatic rings. The maximum absolute atomic E-state index is 14.4. The molecule has 1 aromatic heterocycles. The Morgan fingerprint density at radius 1 is 1.48 bits per heavy atom. The molecule has 132 valence electrons. The Kier molecular flexibility index (Phi) is 6.58. The fourth-order valence-corrected chi connectivity index (χ4v) is 2.34. The lowest BCUT2D eigenvalue weighted by molar-refractivity contribution is 0.0941. The summed E-state index contributed by atoms with van der Waals surface area (Å²) in [5, 5.41) is 6.95. The van der Waals surface area contributed by atoms with Gasteiger partial charge in [-0.05, 0) is 25.0 Å². The Morgan fingerprint density at radius 3 is 2.96 bits per heavy atom. The molecule has 0 radical (unpaired) electrons. The van der Waals surface area contributed by atoms with Crippen LogP contribution in [0.4, 0.5) is 4.39 Å². The summed E-state index contributed by atoms with van der Waals surface area (Å²) >= 11 is 0. The number of ether oxygens (including phenoxy) is 1. The van der Waals surface area contributed by atoms with Crippen molar-refractivity contribution >= 4 is 5.91 Å². The molecule has 0 aliphatic carbocycles. The van der Waals surface area contributed by atoms with Gasteiger partial charge in [0.15, 0.2) is 11.6 Å². The van der Waals surface area contributed by atoms with Gasteiger partial charge >= 0.3 is 0 Å². The van der Waals surface area contributed by atoms with E-state index in [1.54, 1.807) is 31.3 Å². The van der Waals surface area contributed by atoms with Crippen molar-refractivity contribution in [3.05, 3.63) is 47.0 Å². The molecule has 1 aromatic carbocycles. The lowest BCUT2D eigenvalue weighted by Crippen LogP contribution is -2.25. The second-order valence-corrected chi connectivity index (χ2v) is 5.57. The molecule has 0 unspecified atom stereocenters. The zero-order valence-corrected chi connectivity index (χ0v) is 14.5. The number of aromatic nitrogens is 2. The fraction of sp³-hybridized carbons (Fsp3) is 0.368. The van der Waals surface area contributed by atoms with E-state index in [0.29, 0.717) is 30.7 Å². The lowest BCUT2D eigenvalue weighted by Gasteiger charge is -2.11. The van der Waals surface area contributed by atoms with Crippen molar-refractivity contribution in [3.8, 4) is 18.1 Å². The van der Waals surface area contributed by atoms with Crippen molar-refractivity contribution in [1.29, 1.82) is 0 Å². The van der Waals surface area contributed by atoms with Crippen LogP contribution in [0.15, 0.2) is 24.3 Å². The number of rotatable bonds is 8. The van der Waals surface area contributed by atoms with E-state index in [9.17, 15) is 9.18 Å². The lowest BCUT2D eigenvalue weighted by atomic mass is 10.2. The SMILES string of the molecule is C#CCCCOc1cccc(CNC(=O)c2cc(CC)nn2C)c1F. The standard InChI is InChI=1S/C19H22FN3O2/c1-4-6-7-11-25-17-10-8-9-14(18(17)20)13-21-19(24)16-12-15(5-2)22-23(16)3/h1,8-10,12H,5-7,11,13H2,2-3H3,(H,21,24). The van der Waals surface area contributed by atoms with Crippen LogP contribution in [0.25, 0.3) is 0 Å². The van der Waals surface area contributed by atoms with Crippen LogP contribution in [0.2, 0.25) is 0 Å². The summed E-state index contributed by atoms with van der Waals surface area (Å²) < 4.78 is 21.4. The van der Waals surface area contributed by atoms with Gasteiger partial charge in [0.1, 0.15) is 5.69 Å². The molecule has 6 heteroatoms. The Labute approximate surface area is 147 Å². The zero-order valence-electron chi connectivity index (χ0n) is 14.5. The van der Waals surface area contributed by atoms with Crippen molar-refractivity contribution in [2.45, 2.75) is 32.7 Å². The summed E-state index contributed by atoms with van der Waals surface area (Å²) in [4.78, 5) is 12.3. The first-order valence-corrected chi connectivity index (χ1v) is 8.21. The van der Waals surface area contributed by atoms with Crippen LogP contribution in [-0.2, 0) is 20.0 Å². The molecule has 1 heterocycles. The highest BCUT2D eigenvalue weighted by molar-refractivity contribution is 5.92. The van der Waals surface area contributed by atoms with Gasteiger partial charge in [-0.1, -0.05) is 19.1 Å². The monoisotopic (exact) mass is 343 g/mol. The number of hydrogen-bond donors (Lipinski definition) is 1. The van der Waals surface area contributed by atoms with Gasteiger partial charge in [0.25, 0.3) is 5.91 Å². The third-order valence-corrected chi connectivity index (χ3v) is 3.73. The third-order valence-electron chi connectivity index (χ3n) is 3.73. The Morgan fingerprint density at radius 2 is 2.28 bits per heavy atom. The van der Waals surface area contributed by atoms with Crippen LogP contribution in [0.3, 0.4) is 0 Å². The Hall–Kier alpha value is -2.81. The molecule has 0 aliphatic rings. The minimum atomic E-state index is -0.470. The van der Waals surface area contributed by atoms with Gasteiger partial charge in [-0.3, -0.25) is 9.48 Å². The van der Waals surface area contributed by atoms with E-state index in [4.69, 9.17) is 11.2 Å². The molecule has 0 aliphatic heterocycles. The van der Waals surface area contributed by atoms with Crippen molar-refractivity contribution < 1.29 is 13.9 Å². The van der Waals surface area contributed by atoms with Crippen LogP contribution in [-0.4, -0.2) is 22.3 Å². The first-order chi connectivity index (χ1) is 12.1. The van der Waals surface area contributed by atoms with Gasteiger partial charge in [0.2, 0.25) is 0 Å². The van der Waals surface area contributed by atoms with Crippen molar-refractivity contribution in [2.24, 2.45) is 7.05 Å². The van der Waals surface area contributed by atoms with Crippen molar-refractivity contribution in [2.75, 3.05) is 6.61 Å². The summed E-state index contributed by atoms with van der Waals surface area (Å²) in [6.07, 6.45) is 7.17. The van der Waals surface area contributed by atoms with E-state index in [2.05, 4.69) is 16.3 Å². The Bertz CT molecular complexity index is 777. The van der Waals surface area contributed by atoms with Crippen LogP contribution in [0.1, 0.15) is 41.5 Å².